The predicted octanol–water partition coefficient (Wildman–Crippen LogP) is 6.01. The smallest absolute Gasteiger partial charge is 0.264 e. The van der Waals surface area contributed by atoms with Crippen molar-refractivity contribution in [3.63, 3.8) is 0 Å². The first kappa shape index (κ1) is 30.8. The van der Waals surface area contributed by atoms with Crippen LogP contribution in [0.5, 0.6) is 0 Å². The highest BCUT2D eigenvalue weighted by molar-refractivity contribution is 7.92. The van der Waals surface area contributed by atoms with Crippen molar-refractivity contribution in [1.82, 2.24) is 10.2 Å². The van der Waals surface area contributed by atoms with E-state index >= 15 is 0 Å². The molecular formula is C28H30Cl3N3O4S. The van der Waals surface area contributed by atoms with E-state index in [1.165, 1.54) is 30.1 Å². The summed E-state index contributed by atoms with van der Waals surface area (Å²) >= 11 is 18.8. The van der Waals surface area contributed by atoms with Gasteiger partial charge < -0.3 is 10.2 Å². The Balaban J connectivity index is 2.10. The van der Waals surface area contributed by atoms with E-state index in [1.807, 2.05) is 6.92 Å². The number of amides is 2. The molecule has 1 atom stereocenters. The minimum Gasteiger partial charge on any atom is -0.357 e. The number of sulfonamides is 1. The van der Waals surface area contributed by atoms with Crippen LogP contribution in [0.1, 0.15) is 30.0 Å². The van der Waals surface area contributed by atoms with Gasteiger partial charge in [-0.2, -0.15) is 0 Å². The lowest BCUT2D eigenvalue weighted by Crippen LogP contribution is -2.51. The van der Waals surface area contributed by atoms with E-state index in [0.29, 0.717) is 20.6 Å². The molecule has 0 aliphatic rings. The third-order valence-corrected chi connectivity index (χ3v) is 9.10. The second kappa shape index (κ2) is 13.0. The summed E-state index contributed by atoms with van der Waals surface area (Å²) in [5, 5.41) is 3.68. The molecule has 0 bridgehead atoms. The maximum atomic E-state index is 14.0. The van der Waals surface area contributed by atoms with Crippen LogP contribution in [0.2, 0.25) is 15.1 Å². The SMILES string of the molecule is CC[C@@H](C(=O)NC)N(Cc1ccc(Cl)cc1Cl)C(=O)CN(c1ccc(C)c(Cl)c1)S(=O)(=O)c1ccc(C)cc1. The molecule has 0 unspecified atom stereocenters. The minimum atomic E-state index is -4.19. The summed E-state index contributed by atoms with van der Waals surface area (Å²) in [6.07, 6.45) is 0.289. The Morgan fingerprint density at radius 1 is 0.923 bits per heavy atom. The fourth-order valence-corrected chi connectivity index (χ4v) is 6.07. The zero-order chi connectivity index (χ0) is 28.9. The van der Waals surface area contributed by atoms with Crippen LogP contribution < -0.4 is 9.62 Å². The van der Waals surface area contributed by atoms with Crippen LogP contribution in [-0.4, -0.2) is 44.8 Å². The van der Waals surface area contributed by atoms with E-state index in [1.54, 1.807) is 56.3 Å². The lowest BCUT2D eigenvalue weighted by Gasteiger charge is -2.33. The lowest BCUT2D eigenvalue weighted by molar-refractivity contribution is -0.140. The molecule has 0 fully saturated rings. The van der Waals surface area contributed by atoms with E-state index in [-0.39, 0.29) is 29.5 Å². The highest BCUT2D eigenvalue weighted by Crippen LogP contribution is 2.29. The summed E-state index contributed by atoms with van der Waals surface area (Å²) in [6.45, 7) is 4.80. The number of carbonyl (C=O) groups excluding carboxylic acids is 2. The number of nitrogens with one attached hydrogen (secondary N) is 1. The molecule has 0 spiro atoms. The Morgan fingerprint density at radius 2 is 1.59 bits per heavy atom. The maximum absolute atomic E-state index is 14.0. The van der Waals surface area contributed by atoms with E-state index in [4.69, 9.17) is 34.8 Å². The van der Waals surface area contributed by atoms with Crippen molar-refractivity contribution >= 4 is 62.3 Å². The average molecular weight is 611 g/mol. The van der Waals surface area contributed by atoms with Gasteiger partial charge in [0.25, 0.3) is 10.0 Å². The standard InChI is InChI=1S/C28H30Cl3N3O4S/c1-5-26(28(36)32-4)33(16-20-9-10-21(29)14-25(20)31)27(35)17-34(22-11-8-19(3)24(30)15-22)39(37,38)23-12-6-18(2)7-13-23/h6-15,26H,5,16-17H2,1-4H3,(H,32,36)/t26-/m0/s1. The Bertz CT molecular complexity index is 1460. The number of aryl methyl sites for hydroxylation is 2. The minimum absolute atomic E-state index is 0.0169. The van der Waals surface area contributed by atoms with Crippen LogP contribution >= 0.6 is 34.8 Å². The number of hydrogen-bond donors (Lipinski definition) is 1. The lowest BCUT2D eigenvalue weighted by atomic mass is 10.1. The van der Waals surface area contributed by atoms with Crippen LogP contribution in [0.4, 0.5) is 5.69 Å². The molecule has 3 rings (SSSR count). The van der Waals surface area contributed by atoms with Gasteiger partial charge in [-0.25, -0.2) is 8.42 Å². The van der Waals surface area contributed by atoms with Crippen LogP contribution in [0.15, 0.2) is 65.6 Å². The Labute approximate surface area is 244 Å². The molecule has 39 heavy (non-hydrogen) atoms. The largest absolute Gasteiger partial charge is 0.357 e. The van der Waals surface area contributed by atoms with Gasteiger partial charge in [-0.15, -0.1) is 0 Å². The van der Waals surface area contributed by atoms with Gasteiger partial charge in [-0.05, 0) is 67.8 Å². The maximum Gasteiger partial charge on any atom is 0.264 e. The number of anilines is 1. The van der Waals surface area contributed by atoms with Gasteiger partial charge in [0.1, 0.15) is 12.6 Å². The van der Waals surface area contributed by atoms with E-state index in [9.17, 15) is 18.0 Å². The second-order valence-corrected chi connectivity index (χ2v) is 12.2. The Kier molecular flexibility index (Phi) is 10.3. The van der Waals surface area contributed by atoms with Crippen molar-refractivity contribution in [3.8, 4) is 0 Å². The molecule has 0 aliphatic carbocycles. The highest BCUT2D eigenvalue weighted by Gasteiger charge is 2.33. The summed E-state index contributed by atoms with van der Waals surface area (Å²) in [5.74, 6) is -0.980. The molecule has 0 saturated heterocycles. The van der Waals surface area contributed by atoms with E-state index < -0.39 is 28.5 Å². The van der Waals surface area contributed by atoms with Crippen LogP contribution in [0.25, 0.3) is 0 Å². The number of benzene rings is 3. The average Bonchev–Trinajstić information content (AvgIpc) is 2.89. The molecule has 2 amide bonds. The summed E-state index contributed by atoms with van der Waals surface area (Å²) in [6, 6.07) is 15.1. The van der Waals surface area contributed by atoms with Crippen LogP contribution in [0, 0.1) is 13.8 Å². The number of likely N-dealkylation sites (N-methyl/N-ethyl adjacent to an activating group) is 1. The molecule has 1 N–H and O–H groups in total. The molecule has 3 aromatic rings. The zero-order valence-electron chi connectivity index (χ0n) is 22.0. The molecule has 3 aromatic carbocycles. The van der Waals surface area contributed by atoms with E-state index in [0.717, 1.165) is 15.4 Å². The third-order valence-electron chi connectivity index (χ3n) is 6.32. The second-order valence-electron chi connectivity index (χ2n) is 9.05. The van der Waals surface area contributed by atoms with Gasteiger partial charge in [0.15, 0.2) is 0 Å². The number of halogens is 3. The zero-order valence-corrected chi connectivity index (χ0v) is 25.1. The fourth-order valence-electron chi connectivity index (χ4n) is 4.02. The van der Waals surface area contributed by atoms with E-state index in [2.05, 4.69) is 5.32 Å². The van der Waals surface area contributed by atoms with Gasteiger partial charge >= 0.3 is 0 Å². The van der Waals surface area contributed by atoms with Crippen molar-refractivity contribution in [2.75, 3.05) is 17.9 Å². The van der Waals surface area contributed by atoms with Crippen molar-refractivity contribution in [2.24, 2.45) is 0 Å². The van der Waals surface area contributed by atoms with Crippen molar-refractivity contribution in [2.45, 2.75) is 44.7 Å². The number of carbonyl (C=O) groups is 2. The normalized spacial score (nSPS) is 12.1. The molecule has 11 heteroatoms. The number of rotatable bonds is 10. The molecule has 0 heterocycles. The third kappa shape index (κ3) is 7.25. The number of hydrogen-bond acceptors (Lipinski definition) is 4. The summed E-state index contributed by atoms with van der Waals surface area (Å²) in [5.41, 5.74) is 2.42. The van der Waals surface area contributed by atoms with Gasteiger partial charge in [-0.1, -0.05) is 71.6 Å². The molecule has 0 radical (unpaired) electrons. The van der Waals surface area contributed by atoms with Crippen molar-refractivity contribution in [1.29, 1.82) is 0 Å². The predicted molar refractivity (Wildman–Crippen MR) is 157 cm³/mol. The monoisotopic (exact) mass is 609 g/mol. The molecule has 0 aromatic heterocycles. The topological polar surface area (TPSA) is 86.8 Å². The molecule has 0 aliphatic heterocycles. The van der Waals surface area contributed by atoms with Gasteiger partial charge in [-0.3, -0.25) is 13.9 Å². The van der Waals surface area contributed by atoms with Gasteiger partial charge in [0.05, 0.1) is 10.6 Å². The molecule has 0 saturated carbocycles. The Hall–Kier alpha value is -2.78. The summed E-state index contributed by atoms with van der Waals surface area (Å²) < 4.78 is 28.8. The van der Waals surface area contributed by atoms with Crippen molar-refractivity contribution in [3.05, 3.63) is 92.4 Å². The Morgan fingerprint density at radius 3 is 2.15 bits per heavy atom. The fraction of sp³-hybridized carbons (Fsp3) is 0.286. The van der Waals surface area contributed by atoms with Gasteiger partial charge in [0.2, 0.25) is 11.8 Å². The van der Waals surface area contributed by atoms with Gasteiger partial charge in [0, 0.05) is 28.7 Å². The first-order chi connectivity index (χ1) is 18.4. The highest BCUT2D eigenvalue weighted by atomic mass is 35.5. The first-order valence-corrected chi connectivity index (χ1v) is 14.8. The molecular weight excluding hydrogens is 581 g/mol. The van der Waals surface area contributed by atoms with Crippen LogP contribution in [0.3, 0.4) is 0 Å². The summed E-state index contributed by atoms with van der Waals surface area (Å²) in [7, 11) is -2.71. The molecule has 208 valence electrons. The van der Waals surface area contributed by atoms with Crippen molar-refractivity contribution < 1.29 is 18.0 Å². The first-order valence-electron chi connectivity index (χ1n) is 12.2. The summed E-state index contributed by atoms with van der Waals surface area (Å²) in [4.78, 5) is 28.1. The quantitative estimate of drug-likeness (QED) is 0.305. The van der Waals surface area contributed by atoms with Crippen LogP contribution in [-0.2, 0) is 26.2 Å². The number of nitrogens with zero attached hydrogens (tertiary/aromatic N) is 2. The molecule has 7 nitrogen and oxygen atoms in total.